The van der Waals surface area contributed by atoms with E-state index >= 15 is 0 Å². The van der Waals surface area contributed by atoms with E-state index < -0.39 is 0 Å². The van der Waals surface area contributed by atoms with Gasteiger partial charge in [0.2, 0.25) is 0 Å². The minimum absolute atomic E-state index is 0.264. The average Bonchev–Trinajstić information content (AvgIpc) is 2.64. The first kappa shape index (κ1) is 10.7. The monoisotopic (exact) mass is 197 g/mol. The summed E-state index contributed by atoms with van der Waals surface area (Å²) in [5, 5.41) is 0. The maximum Gasteiger partial charge on any atom is 0.328 e. The molecule has 1 rings (SSSR count). The van der Waals surface area contributed by atoms with Gasteiger partial charge in [-0.25, -0.2) is 9.78 Å². The highest BCUT2D eigenvalue weighted by molar-refractivity contribution is 5.73. The zero-order valence-corrected chi connectivity index (χ0v) is 8.43. The highest BCUT2D eigenvalue weighted by atomic mass is 16.5. The van der Waals surface area contributed by atoms with Crippen molar-refractivity contribution < 1.29 is 9.53 Å². The van der Waals surface area contributed by atoms with E-state index in [1.54, 1.807) is 30.8 Å². The van der Waals surface area contributed by atoms with Crippen molar-refractivity contribution in [2.24, 2.45) is 5.73 Å². The Hall–Kier alpha value is -1.36. The molecule has 5 heteroatoms. The van der Waals surface area contributed by atoms with Crippen molar-refractivity contribution in [1.29, 1.82) is 0 Å². The van der Waals surface area contributed by atoms with Crippen LogP contribution < -0.4 is 5.73 Å². The molecule has 14 heavy (non-hydrogen) atoms. The first-order valence-corrected chi connectivity index (χ1v) is 4.59. The standard InChI is InChI=1S/C9H15N3O2/c1-3-14-9(13)7(2)12-5-4-11-8(12)6-10/h4-5,7H,3,6,10H2,1-2H3. The van der Waals surface area contributed by atoms with Crippen LogP contribution >= 0.6 is 0 Å². The van der Waals surface area contributed by atoms with Crippen LogP contribution in [0.4, 0.5) is 0 Å². The molecule has 0 spiro atoms. The highest BCUT2D eigenvalue weighted by Crippen LogP contribution is 2.10. The van der Waals surface area contributed by atoms with Gasteiger partial charge in [-0.1, -0.05) is 0 Å². The summed E-state index contributed by atoms with van der Waals surface area (Å²) >= 11 is 0. The van der Waals surface area contributed by atoms with E-state index in [1.807, 2.05) is 0 Å². The zero-order chi connectivity index (χ0) is 10.6. The topological polar surface area (TPSA) is 70.1 Å². The van der Waals surface area contributed by atoms with Crippen molar-refractivity contribution in [2.75, 3.05) is 6.61 Å². The lowest BCUT2D eigenvalue weighted by atomic mass is 10.3. The second-order valence-corrected chi connectivity index (χ2v) is 2.88. The van der Waals surface area contributed by atoms with Gasteiger partial charge in [0.25, 0.3) is 0 Å². The van der Waals surface area contributed by atoms with Crippen molar-refractivity contribution in [2.45, 2.75) is 26.4 Å². The molecule has 0 aliphatic heterocycles. The number of nitrogens with two attached hydrogens (primary N) is 1. The fraction of sp³-hybridized carbons (Fsp3) is 0.556. The fourth-order valence-corrected chi connectivity index (χ4v) is 1.23. The first-order chi connectivity index (χ1) is 6.70. The molecule has 0 saturated heterocycles. The van der Waals surface area contributed by atoms with Gasteiger partial charge < -0.3 is 15.0 Å². The lowest BCUT2D eigenvalue weighted by molar-refractivity contribution is -0.146. The number of esters is 1. The largest absolute Gasteiger partial charge is 0.464 e. The van der Waals surface area contributed by atoms with E-state index in [2.05, 4.69) is 4.98 Å². The number of aromatic nitrogens is 2. The summed E-state index contributed by atoms with van der Waals surface area (Å²) < 4.78 is 6.62. The zero-order valence-electron chi connectivity index (χ0n) is 8.43. The van der Waals surface area contributed by atoms with Gasteiger partial charge in [0.15, 0.2) is 0 Å². The number of hydrogen-bond acceptors (Lipinski definition) is 4. The predicted molar refractivity (Wildman–Crippen MR) is 51.5 cm³/mol. The summed E-state index contributed by atoms with van der Waals surface area (Å²) in [4.78, 5) is 15.4. The Morgan fingerprint density at radius 1 is 1.79 bits per heavy atom. The molecule has 78 valence electrons. The third kappa shape index (κ3) is 2.11. The van der Waals surface area contributed by atoms with Crippen molar-refractivity contribution in [3.05, 3.63) is 18.2 Å². The van der Waals surface area contributed by atoms with Gasteiger partial charge in [-0.3, -0.25) is 0 Å². The minimum atomic E-state index is -0.365. The van der Waals surface area contributed by atoms with Gasteiger partial charge in [0.05, 0.1) is 13.2 Å². The van der Waals surface area contributed by atoms with Gasteiger partial charge in [0.1, 0.15) is 11.9 Å². The molecule has 5 nitrogen and oxygen atoms in total. The Bertz CT molecular complexity index is 309. The van der Waals surface area contributed by atoms with Crippen molar-refractivity contribution >= 4 is 5.97 Å². The third-order valence-electron chi connectivity index (χ3n) is 1.98. The molecule has 1 atom stereocenters. The van der Waals surface area contributed by atoms with E-state index in [0.29, 0.717) is 19.0 Å². The first-order valence-electron chi connectivity index (χ1n) is 4.59. The van der Waals surface area contributed by atoms with E-state index in [4.69, 9.17) is 10.5 Å². The quantitative estimate of drug-likeness (QED) is 0.712. The second-order valence-electron chi connectivity index (χ2n) is 2.88. The van der Waals surface area contributed by atoms with Gasteiger partial charge in [-0.15, -0.1) is 0 Å². The van der Waals surface area contributed by atoms with Gasteiger partial charge in [-0.05, 0) is 13.8 Å². The van der Waals surface area contributed by atoms with Crippen LogP contribution in [0.25, 0.3) is 0 Å². The van der Waals surface area contributed by atoms with E-state index in [0.717, 1.165) is 0 Å². The predicted octanol–water partition coefficient (Wildman–Crippen LogP) is 0.466. The molecule has 2 N–H and O–H groups in total. The van der Waals surface area contributed by atoms with Crippen LogP contribution in [0, 0.1) is 0 Å². The second kappa shape index (κ2) is 4.76. The molecule has 0 saturated carbocycles. The molecule has 0 fully saturated rings. The number of nitrogens with zero attached hydrogens (tertiary/aromatic N) is 2. The molecule has 1 aromatic rings. The molecule has 1 heterocycles. The molecule has 0 bridgehead atoms. The van der Waals surface area contributed by atoms with E-state index in [9.17, 15) is 4.79 Å². The fourth-order valence-electron chi connectivity index (χ4n) is 1.23. The summed E-state index contributed by atoms with van der Waals surface area (Å²) in [6.45, 7) is 4.24. The third-order valence-corrected chi connectivity index (χ3v) is 1.98. The Morgan fingerprint density at radius 3 is 3.07 bits per heavy atom. The normalized spacial score (nSPS) is 12.5. The Morgan fingerprint density at radius 2 is 2.50 bits per heavy atom. The molecule has 0 aliphatic rings. The summed E-state index contributed by atoms with van der Waals surface area (Å²) in [6.07, 6.45) is 3.35. The molecule has 0 radical (unpaired) electrons. The van der Waals surface area contributed by atoms with Crippen LogP contribution in [0.15, 0.2) is 12.4 Å². The molecule has 1 unspecified atom stereocenters. The van der Waals surface area contributed by atoms with Gasteiger partial charge in [-0.2, -0.15) is 0 Å². The van der Waals surface area contributed by atoms with E-state index in [-0.39, 0.29) is 12.0 Å². The van der Waals surface area contributed by atoms with Crippen LogP contribution in [0.5, 0.6) is 0 Å². The number of imidazole rings is 1. The minimum Gasteiger partial charge on any atom is -0.464 e. The van der Waals surface area contributed by atoms with Crippen LogP contribution in [-0.2, 0) is 16.1 Å². The van der Waals surface area contributed by atoms with Crippen molar-refractivity contribution in [3.8, 4) is 0 Å². The molecular weight excluding hydrogens is 182 g/mol. The molecular formula is C9H15N3O2. The Labute approximate surface area is 82.9 Å². The Kier molecular flexibility index (Phi) is 3.64. The maximum absolute atomic E-state index is 11.4. The number of rotatable bonds is 4. The van der Waals surface area contributed by atoms with Crippen LogP contribution in [0.1, 0.15) is 25.7 Å². The highest BCUT2D eigenvalue weighted by Gasteiger charge is 2.17. The number of carbonyl (C=O) groups excluding carboxylic acids is 1. The summed E-state index contributed by atoms with van der Waals surface area (Å²) in [5.74, 6) is 0.422. The molecule has 1 aromatic heterocycles. The molecule has 0 amide bonds. The van der Waals surface area contributed by atoms with Crippen LogP contribution in [-0.4, -0.2) is 22.1 Å². The lowest BCUT2D eigenvalue weighted by Gasteiger charge is -2.13. The number of carbonyl (C=O) groups is 1. The smallest absolute Gasteiger partial charge is 0.328 e. The lowest BCUT2D eigenvalue weighted by Crippen LogP contribution is -2.21. The van der Waals surface area contributed by atoms with Gasteiger partial charge >= 0.3 is 5.97 Å². The van der Waals surface area contributed by atoms with Gasteiger partial charge in [0, 0.05) is 12.4 Å². The van der Waals surface area contributed by atoms with Crippen molar-refractivity contribution in [3.63, 3.8) is 0 Å². The summed E-state index contributed by atoms with van der Waals surface area (Å²) in [5.41, 5.74) is 5.47. The van der Waals surface area contributed by atoms with Crippen LogP contribution in [0.2, 0.25) is 0 Å². The molecule has 0 aliphatic carbocycles. The summed E-state index contributed by atoms with van der Waals surface area (Å²) in [6, 6.07) is -0.365. The number of ether oxygens (including phenoxy) is 1. The van der Waals surface area contributed by atoms with E-state index in [1.165, 1.54) is 0 Å². The van der Waals surface area contributed by atoms with Crippen LogP contribution in [0.3, 0.4) is 0 Å². The SMILES string of the molecule is CCOC(=O)C(C)n1ccnc1CN. The summed E-state index contributed by atoms with van der Waals surface area (Å²) in [7, 11) is 0. The Balaban J connectivity index is 2.77. The molecule has 0 aromatic carbocycles. The maximum atomic E-state index is 11.4. The number of hydrogen-bond donors (Lipinski definition) is 1. The van der Waals surface area contributed by atoms with Crippen molar-refractivity contribution in [1.82, 2.24) is 9.55 Å². The average molecular weight is 197 g/mol.